The number of sulfonamides is 1. The summed E-state index contributed by atoms with van der Waals surface area (Å²) < 4.78 is 32.8. The van der Waals surface area contributed by atoms with Gasteiger partial charge in [-0.15, -0.1) is 0 Å². The van der Waals surface area contributed by atoms with Crippen LogP contribution < -0.4 is 9.46 Å². The molecule has 0 amide bonds. The molecule has 0 aliphatic carbocycles. The minimum Gasteiger partial charge on any atom is -0.456 e. The third-order valence-corrected chi connectivity index (χ3v) is 4.97. The van der Waals surface area contributed by atoms with Gasteiger partial charge in [-0.2, -0.15) is 5.26 Å². The van der Waals surface area contributed by atoms with Crippen LogP contribution in [0.3, 0.4) is 0 Å². The second-order valence-electron chi connectivity index (χ2n) is 6.68. The van der Waals surface area contributed by atoms with Gasteiger partial charge in [-0.05, 0) is 41.8 Å². The normalized spacial score (nSPS) is 11.8. The van der Waals surface area contributed by atoms with Gasteiger partial charge < -0.3 is 4.74 Å². The third kappa shape index (κ3) is 5.20. The lowest BCUT2D eigenvalue weighted by atomic mass is 9.98. The summed E-state index contributed by atoms with van der Waals surface area (Å²) in [6.07, 6.45) is 0. The first kappa shape index (κ1) is 19.3. The number of benzene rings is 2. The average molecular weight is 379 g/mol. The zero-order valence-electron chi connectivity index (χ0n) is 14.2. The second-order valence-corrected chi connectivity index (χ2v) is 8.86. The topological polar surface area (TPSA) is 79.2 Å². The van der Waals surface area contributed by atoms with Crippen molar-refractivity contribution in [3.05, 3.63) is 53.1 Å². The first-order valence-corrected chi connectivity index (χ1v) is 9.45. The molecule has 0 atom stereocenters. The smallest absolute Gasteiger partial charge is 0.240 e. The lowest BCUT2D eigenvalue weighted by Crippen LogP contribution is -2.32. The van der Waals surface area contributed by atoms with E-state index in [0.717, 1.165) is 0 Å². The van der Waals surface area contributed by atoms with Crippen molar-refractivity contribution in [1.29, 1.82) is 5.26 Å². The van der Waals surface area contributed by atoms with Gasteiger partial charge in [-0.1, -0.05) is 38.4 Å². The van der Waals surface area contributed by atoms with Gasteiger partial charge in [-0.3, -0.25) is 0 Å². The van der Waals surface area contributed by atoms with Gasteiger partial charge in [0.15, 0.2) is 0 Å². The van der Waals surface area contributed by atoms with E-state index >= 15 is 0 Å². The second kappa shape index (κ2) is 7.44. The standard InChI is InChI=1S/C18H19ClN2O3S/c1-18(2,3)12-21-25(22,23)14-9-7-13(8-10-14)24-17-6-4-5-16(19)15(17)11-20/h4-10,21H,12H2,1-3H3. The molecule has 0 unspecified atom stereocenters. The van der Waals surface area contributed by atoms with E-state index in [1.165, 1.54) is 24.3 Å². The zero-order chi connectivity index (χ0) is 18.7. The fraction of sp³-hybridized carbons (Fsp3) is 0.278. The molecule has 1 N–H and O–H groups in total. The molecule has 2 rings (SSSR count). The molecule has 5 nitrogen and oxygen atoms in total. The highest BCUT2D eigenvalue weighted by molar-refractivity contribution is 7.89. The number of halogens is 1. The van der Waals surface area contributed by atoms with Crippen LogP contribution in [-0.2, 0) is 10.0 Å². The predicted octanol–water partition coefficient (Wildman–Crippen LogP) is 4.33. The first-order valence-electron chi connectivity index (χ1n) is 7.58. The molecular formula is C18H19ClN2O3S. The highest BCUT2D eigenvalue weighted by Gasteiger charge is 2.18. The van der Waals surface area contributed by atoms with Crippen LogP contribution in [0.5, 0.6) is 11.5 Å². The minimum absolute atomic E-state index is 0.149. The molecule has 0 radical (unpaired) electrons. The van der Waals surface area contributed by atoms with Gasteiger partial charge in [0.25, 0.3) is 0 Å². The van der Waals surface area contributed by atoms with Crippen molar-refractivity contribution < 1.29 is 13.2 Å². The largest absolute Gasteiger partial charge is 0.456 e. The average Bonchev–Trinajstić information content (AvgIpc) is 2.53. The van der Waals surface area contributed by atoms with Crippen LogP contribution in [0.25, 0.3) is 0 Å². The van der Waals surface area contributed by atoms with Gasteiger partial charge >= 0.3 is 0 Å². The lowest BCUT2D eigenvalue weighted by Gasteiger charge is -2.18. The number of rotatable bonds is 5. The van der Waals surface area contributed by atoms with Gasteiger partial charge in [0.2, 0.25) is 10.0 Å². The summed E-state index contributed by atoms with van der Waals surface area (Å²) in [4.78, 5) is 0.149. The Balaban J connectivity index is 2.18. The highest BCUT2D eigenvalue weighted by Crippen LogP contribution is 2.30. The summed E-state index contributed by atoms with van der Waals surface area (Å²) in [5.74, 6) is 0.727. The molecule has 0 bridgehead atoms. The summed E-state index contributed by atoms with van der Waals surface area (Å²) in [6.45, 7) is 6.18. The van der Waals surface area contributed by atoms with Gasteiger partial charge in [-0.25, -0.2) is 13.1 Å². The van der Waals surface area contributed by atoms with Crippen LogP contribution in [0, 0.1) is 16.7 Å². The number of ether oxygens (including phenoxy) is 1. The molecule has 0 heterocycles. The Bertz CT molecular complexity index is 895. The molecule has 7 heteroatoms. The van der Waals surface area contributed by atoms with E-state index in [2.05, 4.69) is 4.72 Å². The van der Waals surface area contributed by atoms with Crippen LogP contribution in [0.4, 0.5) is 0 Å². The molecule has 0 fully saturated rings. The van der Waals surface area contributed by atoms with E-state index in [1.54, 1.807) is 18.2 Å². The Kier molecular flexibility index (Phi) is 5.73. The fourth-order valence-corrected chi connectivity index (χ4v) is 3.40. The van der Waals surface area contributed by atoms with Crippen LogP contribution >= 0.6 is 11.6 Å². The maximum Gasteiger partial charge on any atom is 0.240 e. The molecule has 2 aromatic carbocycles. The van der Waals surface area contributed by atoms with Crippen molar-refractivity contribution in [2.45, 2.75) is 25.7 Å². The Morgan fingerprint density at radius 3 is 2.36 bits per heavy atom. The van der Waals surface area contributed by atoms with E-state index in [-0.39, 0.29) is 15.9 Å². The lowest BCUT2D eigenvalue weighted by molar-refractivity contribution is 0.407. The van der Waals surface area contributed by atoms with Gasteiger partial charge in [0, 0.05) is 6.54 Å². The van der Waals surface area contributed by atoms with E-state index in [9.17, 15) is 8.42 Å². The third-order valence-electron chi connectivity index (χ3n) is 3.24. The van der Waals surface area contributed by atoms with E-state index in [4.69, 9.17) is 21.6 Å². The number of hydrogen-bond donors (Lipinski definition) is 1. The molecule has 2 aromatic rings. The van der Waals surface area contributed by atoms with E-state index < -0.39 is 10.0 Å². The van der Waals surface area contributed by atoms with Crippen molar-refractivity contribution in [2.24, 2.45) is 5.41 Å². The monoisotopic (exact) mass is 378 g/mol. The molecule has 132 valence electrons. The summed E-state index contributed by atoms with van der Waals surface area (Å²) in [7, 11) is -3.58. The number of nitrogens with zero attached hydrogens (tertiary/aromatic N) is 1. The molecule has 0 aliphatic heterocycles. The number of hydrogen-bond acceptors (Lipinski definition) is 4. The maximum absolute atomic E-state index is 12.3. The van der Waals surface area contributed by atoms with Crippen LogP contribution in [0.1, 0.15) is 26.3 Å². The highest BCUT2D eigenvalue weighted by atomic mass is 35.5. The molecule has 25 heavy (non-hydrogen) atoms. The van der Waals surface area contributed by atoms with Crippen LogP contribution in [0.15, 0.2) is 47.4 Å². The first-order chi connectivity index (χ1) is 11.6. The predicted molar refractivity (Wildman–Crippen MR) is 97.3 cm³/mol. The quantitative estimate of drug-likeness (QED) is 0.839. The minimum atomic E-state index is -3.58. The summed E-state index contributed by atoms with van der Waals surface area (Å²) in [5.41, 5.74) is 0.0730. The SMILES string of the molecule is CC(C)(C)CNS(=O)(=O)c1ccc(Oc2cccc(Cl)c2C#N)cc1. The Labute approximate surface area is 153 Å². The molecule has 0 aliphatic rings. The van der Waals surface area contributed by atoms with Gasteiger partial charge in [0.1, 0.15) is 23.1 Å². The van der Waals surface area contributed by atoms with E-state index in [1.807, 2.05) is 26.8 Å². The maximum atomic E-state index is 12.3. The summed E-state index contributed by atoms with van der Waals surface area (Å²) in [5, 5.41) is 9.45. The van der Waals surface area contributed by atoms with Gasteiger partial charge in [0.05, 0.1) is 9.92 Å². The Morgan fingerprint density at radius 1 is 1.16 bits per heavy atom. The van der Waals surface area contributed by atoms with Crippen molar-refractivity contribution in [3.8, 4) is 17.6 Å². The summed E-state index contributed by atoms with van der Waals surface area (Å²) in [6, 6.07) is 12.9. The molecule has 0 aromatic heterocycles. The van der Waals surface area contributed by atoms with Crippen LogP contribution in [0.2, 0.25) is 5.02 Å². The Morgan fingerprint density at radius 2 is 1.80 bits per heavy atom. The van der Waals surface area contributed by atoms with Crippen molar-refractivity contribution in [2.75, 3.05) is 6.54 Å². The van der Waals surface area contributed by atoms with Crippen molar-refractivity contribution >= 4 is 21.6 Å². The number of nitrogens with one attached hydrogen (secondary N) is 1. The summed E-state index contributed by atoms with van der Waals surface area (Å²) >= 11 is 5.96. The number of nitriles is 1. The fourth-order valence-electron chi connectivity index (χ4n) is 1.91. The molecular weight excluding hydrogens is 360 g/mol. The van der Waals surface area contributed by atoms with Crippen LogP contribution in [-0.4, -0.2) is 15.0 Å². The zero-order valence-corrected chi connectivity index (χ0v) is 15.8. The Hall–Kier alpha value is -2.07. The van der Waals surface area contributed by atoms with E-state index in [0.29, 0.717) is 23.1 Å². The molecule has 0 saturated carbocycles. The van der Waals surface area contributed by atoms with Crippen molar-refractivity contribution in [1.82, 2.24) is 4.72 Å². The molecule has 0 saturated heterocycles. The molecule has 0 spiro atoms. The van der Waals surface area contributed by atoms with Crippen molar-refractivity contribution in [3.63, 3.8) is 0 Å².